The lowest BCUT2D eigenvalue weighted by molar-refractivity contribution is -0.137. The number of nitrogens with one attached hydrogen (secondary N) is 1. The first-order valence-electron chi connectivity index (χ1n) is 6.22. The topological polar surface area (TPSA) is 32.3 Å². The molecule has 3 heteroatoms. The Morgan fingerprint density at radius 2 is 2.13 bits per heavy atom. The molecule has 0 bridgehead atoms. The quantitative estimate of drug-likeness (QED) is 0.709. The van der Waals surface area contributed by atoms with Gasteiger partial charge in [0.15, 0.2) is 0 Å². The number of carbonyl (C=O) groups excluding carboxylic acids is 1. The Hall–Kier alpha value is -0.570. The minimum atomic E-state index is 0.279. The van der Waals surface area contributed by atoms with Gasteiger partial charge in [0, 0.05) is 24.5 Å². The van der Waals surface area contributed by atoms with E-state index in [1.165, 1.54) is 12.8 Å². The third-order valence-electron chi connectivity index (χ3n) is 3.81. The van der Waals surface area contributed by atoms with Crippen molar-refractivity contribution < 1.29 is 4.79 Å². The number of amides is 1. The smallest absolute Gasteiger partial charge is 0.226 e. The van der Waals surface area contributed by atoms with Crippen LogP contribution in [0, 0.1) is 5.92 Å². The van der Waals surface area contributed by atoms with Gasteiger partial charge in [-0.3, -0.25) is 4.79 Å². The second kappa shape index (κ2) is 4.52. The van der Waals surface area contributed by atoms with Gasteiger partial charge in [-0.15, -0.1) is 0 Å². The molecule has 0 aromatic carbocycles. The molecule has 0 aromatic heterocycles. The van der Waals surface area contributed by atoms with Gasteiger partial charge in [0.05, 0.1) is 0 Å². The second-order valence-corrected chi connectivity index (χ2v) is 5.10. The molecular formula is C12H22N2O. The molecule has 3 unspecified atom stereocenters. The largest absolute Gasteiger partial charge is 0.340 e. The summed E-state index contributed by atoms with van der Waals surface area (Å²) in [6, 6.07) is 0.980. The second-order valence-electron chi connectivity index (χ2n) is 5.10. The van der Waals surface area contributed by atoms with Crippen molar-refractivity contribution in [3.05, 3.63) is 0 Å². The van der Waals surface area contributed by atoms with Crippen molar-refractivity contribution in [2.75, 3.05) is 13.1 Å². The summed E-state index contributed by atoms with van der Waals surface area (Å²) in [4.78, 5) is 14.4. The summed E-state index contributed by atoms with van der Waals surface area (Å²) >= 11 is 0. The molecule has 0 spiro atoms. The van der Waals surface area contributed by atoms with Crippen LogP contribution in [0.5, 0.6) is 0 Å². The molecule has 3 atom stereocenters. The van der Waals surface area contributed by atoms with Crippen LogP contribution in [0.2, 0.25) is 0 Å². The summed E-state index contributed by atoms with van der Waals surface area (Å²) in [7, 11) is 0. The van der Waals surface area contributed by atoms with Crippen LogP contribution in [-0.2, 0) is 4.79 Å². The molecule has 0 saturated carbocycles. The van der Waals surface area contributed by atoms with Gasteiger partial charge in [-0.2, -0.15) is 0 Å². The maximum atomic E-state index is 12.3. The molecular weight excluding hydrogens is 188 g/mol. The summed E-state index contributed by atoms with van der Waals surface area (Å²) < 4.78 is 0. The van der Waals surface area contributed by atoms with Gasteiger partial charge in [0.1, 0.15) is 0 Å². The summed E-state index contributed by atoms with van der Waals surface area (Å²) in [5.74, 6) is 0.690. The monoisotopic (exact) mass is 210 g/mol. The highest BCUT2D eigenvalue weighted by molar-refractivity contribution is 5.79. The first kappa shape index (κ1) is 10.9. The number of carbonyl (C=O) groups is 1. The lowest BCUT2D eigenvalue weighted by atomic mass is 9.92. The fraction of sp³-hybridized carbons (Fsp3) is 0.917. The van der Waals surface area contributed by atoms with E-state index in [4.69, 9.17) is 0 Å². The van der Waals surface area contributed by atoms with Gasteiger partial charge >= 0.3 is 0 Å². The van der Waals surface area contributed by atoms with Crippen LogP contribution in [0.15, 0.2) is 0 Å². The number of hydrogen-bond donors (Lipinski definition) is 1. The van der Waals surface area contributed by atoms with E-state index in [-0.39, 0.29) is 5.92 Å². The highest BCUT2D eigenvalue weighted by Crippen LogP contribution is 2.24. The predicted octanol–water partition coefficient (Wildman–Crippen LogP) is 1.39. The number of nitrogens with zero attached hydrogens (tertiary/aromatic N) is 1. The Balaban J connectivity index is 1.94. The molecule has 15 heavy (non-hydrogen) atoms. The van der Waals surface area contributed by atoms with Gasteiger partial charge in [-0.25, -0.2) is 0 Å². The van der Waals surface area contributed by atoms with Crippen molar-refractivity contribution in [2.24, 2.45) is 5.92 Å². The van der Waals surface area contributed by atoms with Crippen LogP contribution < -0.4 is 5.32 Å². The maximum absolute atomic E-state index is 12.3. The van der Waals surface area contributed by atoms with Gasteiger partial charge in [0.25, 0.3) is 0 Å². The van der Waals surface area contributed by atoms with E-state index in [0.717, 1.165) is 25.9 Å². The predicted molar refractivity (Wildman–Crippen MR) is 60.6 cm³/mol. The average molecular weight is 210 g/mol. The Kier molecular flexibility index (Phi) is 3.29. The third-order valence-corrected chi connectivity index (χ3v) is 3.81. The standard InChI is InChI=1S/C12H22N2O/c1-9-8-11(5-6-13-9)12(15)14-7-3-4-10(14)2/h9-11,13H,3-8H2,1-2H3. The zero-order chi connectivity index (χ0) is 10.8. The summed E-state index contributed by atoms with van der Waals surface area (Å²) in [5.41, 5.74) is 0. The molecule has 2 aliphatic rings. The molecule has 0 aliphatic carbocycles. The maximum Gasteiger partial charge on any atom is 0.226 e. The van der Waals surface area contributed by atoms with E-state index in [2.05, 4.69) is 24.1 Å². The van der Waals surface area contributed by atoms with Crippen molar-refractivity contribution in [2.45, 2.75) is 51.6 Å². The Morgan fingerprint density at radius 1 is 1.33 bits per heavy atom. The molecule has 2 aliphatic heterocycles. The zero-order valence-electron chi connectivity index (χ0n) is 9.83. The zero-order valence-corrected chi connectivity index (χ0v) is 9.83. The average Bonchev–Trinajstić information content (AvgIpc) is 2.63. The highest BCUT2D eigenvalue weighted by atomic mass is 16.2. The SMILES string of the molecule is CC1CC(C(=O)N2CCCC2C)CCN1. The van der Waals surface area contributed by atoms with Crippen LogP contribution in [0.3, 0.4) is 0 Å². The normalized spacial score (nSPS) is 36.9. The van der Waals surface area contributed by atoms with Gasteiger partial charge < -0.3 is 10.2 Å². The van der Waals surface area contributed by atoms with Crippen LogP contribution in [-0.4, -0.2) is 36.0 Å². The fourth-order valence-corrected chi connectivity index (χ4v) is 2.85. The molecule has 86 valence electrons. The van der Waals surface area contributed by atoms with E-state index >= 15 is 0 Å². The lowest BCUT2D eigenvalue weighted by Crippen LogP contribution is -2.45. The lowest BCUT2D eigenvalue weighted by Gasteiger charge is -2.32. The van der Waals surface area contributed by atoms with Crippen molar-refractivity contribution in [1.82, 2.24) is 10.2 Å². The fourth-order valence-electron chi connectivity index (χ4n) is 2.85. The minimum absolute atomic E-state index is 0.279. The van der Waals surface area contributed by atoms with Crippen molar-refractivity contribution >= 4 is 5.91 Å². The van der Waals surface area contributed by atoms with E-state index in [1.54, 1.807) is 0 Å². The van der Waals surface area contributed by atoms with Crippen LogP contribution in [0.25, 0.3) is 0 Å². The molecule has 1 N–H and O–H groups in total. The van der Waals surface area contributed by atoms with Gasteiger partial charge in [-0.1, -0.05) is 0 Å². The molecule has 1 amide bonds. The third kappa shape index (κ3) is 2.33. The highest BCUT2D eigenvalue weighted by Gasteiger charge is 2.32. The first-order valence-corrected chi connectivity index (χ1v) is 6.22. The Morgan fingerprint density at radius 3 is 2.73 bits per heavy atom. The summed E-state index contributed by atoms with van der Waals surface area (Å²) in [6.45, 7) is 6.33. The molecule has 2 fully saturated rings. The van der Waals surface area contributed by atoms with Gasteiger partial charge in [-0.05, 0) is 46.1 Å². The molecule has 2 rings (SSSR count). The van der Waals surface area contributed by atoms with Crippen molar-refractivity contribution in [3.8, 4) is 0 Å². The molecule has 2 heterocycles. The number of likely N-dealkylation sites (tertiary alicyclic amines) is 1. The molecule has 0 radical (unpaired) electrons. The molecule has 0 aromatic rings. The van der Waals surface area contributed by atoms with Crippen LogP contribution >= 0.6 is 0 Å². The van der Waals surface area contributed by atoms with Crippen LogP contribution in [0.4, 0.5) is 0 Å². The summed E-state index contributed by atoms with van der Waals surface area (Å²) in [5, 5.41) is 3.40. The Labute approximate surface area is 92.2 Å². The van der Waals surface area contributed by atoms with Gasteiger partial charge in [0.2, 0.25) is 5.91 Å². The number of piperidine rings is 1. The summed E-state index contributed by atoms with van der Waals surface area (Å²) in [6.07, 6.45) is 4.41. The number of hydrogen-bond acceptors (Lipinski definition) is 2. The minimum Gasteiger partial charge on any atom is -0.340 e. The number of rotatable bonds is 1. The van der Waals surface area contributed by atoms with E-state index < -0.39 is 0 Å². The first-order chi connectivity index (χ1) is 7.18. The Bertz CT molecular complexity index is 242. The van der Waals surface area contributed by atoms with Crippen molar-refractivity contribution in [3.63, 3.8) is 0 Å². The van der Waals surface area contributed by atoms with E-state index in [9.17, 15) is 4.79 Å². The van der Waals surface area contributed by atoms with Crippen molar-refractivity contribution in [1.29, 1.82) is 0 Å². The molecule has 3 nitrogen and oxygen atoms in total. The van der Waals surface area contributed by atoms with Crippen LogP contribution in [0.1, 0.15) is 39.5 Å². The van der Waals surface area contributed by atoms with E-state index in [0.29, 0.717) is 18.0 Å². The van der Waals surface area contributed by atoms with E-state index in [1.807, 2.05) is 0 Å². The molecule has 2 saturated heterocycles.